The predicted octanol–water partition coefficient (Wildman–Crippen LogP) is 3.23. The Labute approximate surface area is 207 Å². The van der Waals surface area contributed by atoms with E-state index in [0.717, 1.165) is 37.6 Å². The molecule has 1 atom stereocenters. The Morgan fingerprint density at radius 1 is 1.18 bits per heavy atom. The van der Waals surface area contributed by atoms with Gasteiger partial charge in [0.15, 0.2) is 5.82 Å². The zero-order valence-corrected chi connectivity index (χ0v) is 20.9. The first-order valence-electron chi connectivity index (χ1n) is 11.6. The average molecular weight is 481 g/mol. The van der Waals surface area contributed by atoms with Crippen LogP contribution in [0.5, 0.6) is 0 Å². The van der Waals surface area contributed by atoms with Gasteiger partial charge in [-0.2, -0.15) is 15.1 Å². The topological polar surface area (TPSA) is 79.3 Å². The van der Waals surface area contributed by atoms with Gasteiger partial charge in [-0.25, -0.2) is 4.68 Å². The summed E-state index contributed by atoms with van der Waals surface area (Å²) in [5, 5.41) is 4.57. The van der Waals surface area contributed by atoms with Crippen molar-refractivity contribution in [3.63, 3.8) is 0 Å². The lowest BCUT2D eigenvalue weighted by Crippen LogP contribution is -2.53. The van der Waals surface area contributed by atoms with Crippen LogP contribution >= 0.6 is 12.4 Å². The molecule has 0 saturated carbocycles. The van der Waals surface area contributed by atoms with Crippen LogP contribution in [0.25, 0.3) is 5.82 Å². The lowest BCUT2D eigenvalue weighted by Gasteiger charge is -2.46. The van der Waals surface area contributed by atoms with E-state index in [-0.39, 0.29) is 18.4 Å². The fourth-order valence-electron chi connectivity index (χ4n) is 4.88. The van der Waals surface area contributed by atoms with Crippen molar-refractivity contribution in [2.45, 2.75) is 32.2 Å². The molecule has 0 aliphatic carbocycles. The van der Waals surface area contributed by atoms with E-state index in [1.807, 2.05) is 35.9 Å². The SMILES string of the molecule is Cc1c(C/C=C/N2CCN3c4ccccc4CCC3C2)cnn1-c1cc(N(C)C)nc(N)n1.Cl. The highest BCUT2D eigenvalue weighted by Crippen LogP contribution is 2.32. The van der Waals surface area contributed by atoms with Gasteiger partial charge in [0, 0.05) is 57.2 Å². The molecule has 9 heteroatoms. The fraction of sp³-hybridized carbons (Fsp3) is 0.400. The molecule has 0 amide bonds. The molecular weight excluding hydrogens is 448 g/mol. The van der Waals surface area contributed by atoms with Crippen LogP contribution in [0.2, 0.25) is 0 Å². The lowest BCUT2D eigenvalue weighted by molar-refractivity contribution is 0.283. The second-order valence-electron chi connectivity index (χ2n) is 9.10. The van der Waals surface area contributed by atoms with Crippen LogP contribution < -0.4 is 15.5 Å². The number of para-hydroxylation sites is 1. The van der Waals surface area contributed by atoms with Gasteiger partial charge in [-0.15, -0.1) is 12.4 Å². The van der Waals surface area contributed by atoms with Crippen molar-refractivity contribution in [1.29, 1.82) is 0 Å². The summed E-state index contributed by atoms with van der Waals surface area (Å²) in [7, 11) is 3.87. The minimum atomic E-state index is 0. The number of nitrogen functional groups attached to an aromatic ring is 1. The number of piperazine rings is 1. The first-order valence-corrected chi connectivity index (χ1v) is 11.6. The molecule has 180 valence electrons. The summed E-state index contributed by atoms with van der Waals surface area (Å²) in [5.74, 6) is 1.70. The van der Waals surface area contributed by atoms with Crippen LogP contribution in [-0.4, -0.2) is 64.4 Å². The Balaban J connectivity index is 0.00000274. The summed E-state index contributed by atoms with van der Waals surface area (Å²) in [4.78, 5) is 15.6. The van der Waals surface area contributed by atoms with Gasteiger partial charge in [0.25, 0.3) is 0 Å². The molecule has 5 rings (SSSR count). The molecule has 3 aromatic rings. The van der Waals surface area contributed by atoms with Gasteiger partial charge < -0.3 is 20.4 Å². The molecule has 34 heavy (non-hydrogen) atoms. The number of nitrogens with two attached hydrogens (primary N) is 1. The standard InChI is InChI=1S/C25H32N8.ClH/c1-18-20(16-27-33(18)24-15-23(30(2)3)28-25(26)29-24)8-6-12-31-13-14-32-21(17-31)11-10-19-7-4-5-9-22(19)32;/h4-7,9,12,15-16,21H,8,10-11,13-14,17H2,1-3H3,(H2,26,28,29);1H/b12-6+;. The van der Waals surface area contributed by atoms with Crippen molar-refractivity contribution in [3.05, 3.63) is 65.6 Å². The molecule has 4 heterocycles. The lowest BCUT2D eigenvalue weighted by atomic mass is 9.94. The summed E-state index contributed by atoms with van der Waals surface area (Å²) < 4.78 is 1.84. The summed E-state index contributed by atoms with van der Waals surface area (Å²) in [6.07, 6.45) is 9.67. The van der Waals surface area contributed by atoms with Crippen molar-refractivity contribution < 1.29 is 0 Å². The molecule has 1 fully saturated rings. The maximum Gasteiger partial charge on any atom is 0.224 e. The van der Waals surface area contributed by atoms with E-state index in [2.05, 4.69) is 68.3 Å². The smallest absolute Gasteiger partial charge is 0.224 e. The van der Waals surface area contributed by atoms with E-state index in [1.165, 1.54) is 29.7 Å². The number of benzene rings is 1. The maximum absolute atomic E-state index is 5.92. The molecule has 0 spiro atoms. The maximum atomic E-state index is 5.92. The van der Waals surface area contributed by atoms with Crippen LogP contribution in [0.15, 0.2) is 48.8 Å². The second-order valence-corrected chi connectivity index (χ2v) is 9.10. The molecule has 2 aromatic heterocycles. The van der Waals surface area contributed by atoms with Gasteiger partial charge in [-0.3, -0.25) is 0 Å². The normalized spacial score (nSPS) is 17.3. The van der Waals surface area contributed by atoms with E-state index < -0.39 is 0 Å². The number of fused-ring (bicyclic) bond motifs is 3. The van der Waals surface area contributed by atoms with Crippen molar-refractivity contribution in [2.75, 3.05) is 49.3 Å². The second kappa shape index (κ2) is 9.93. The Bertz CT molecular complexity index is 1170. The van der Waals surface area contributed by atoms with E-state index in [1.54, 1.807) is 0 Å². The van der Waals surface area contributed by atoms with Crippen LogP contribution in [0.1, 0.15) is 23.2 Å². The monoisotopic (exact) mass is 480 g/mol. The quantitative estimate of drug-likeness (QED) is 0.600. The number of hydrogen-bond donors (Lipinski definition) is 1. The molecule has 2 aliphatic rings. The first kappa shape index (κ1) is 23.9. The van der Waals surface area contributed by atoms with Crippen LogP contribution in [0, 0.1) is 6.92 Å². The molecule has 8 nitrogen and oxygen atoms in total. The third-order valence-electron chi connectivity index (χ3n) is 6.72. The minimum Gasteiger partial charge on any atom is -0.374 e. The summed E-state index contributed by atoms with van der Waals surface area (Å²) in [6, 6.07) is 11.4. The van der Waals surface area contributed by atoms with Crippen molar-refractivity contribution in [1.82, 2.24) is 24.6 Å². The van der Waals surface area contributed by atoms with Gasteiger partial charge in [0.05, 0.1) is 6.20 Å². The van der Waals surface area contributed by atoms with Gasteiger partial charge >= 0.3 is 0 Å². The highest BCUT2D eigenvalue weighted by molar-refractivity contribution is 5.85. The van der Waals surface area contributed by atoms with Gasteiger partial charge in [-0.05, 0) is 49.6 Å². The van der Waals surface area contributed by atoms with E-state index in [9.17, 15) is 0 Å². The summed E-state index contributed by atoms with van der Waals surface area (Å²) in [5.41, 5.74) is 11.1. The molecule has 1 unspecified atom stereocenters. The molecule has 1 saturated heterocycles. The number of halogens is 1. The van der Waals surface area contributed by atoms with Gasteiger partial charge in [-0.1, -0.05) is 24.3 Å². The van der Waals surface area contributed by atoms with Crippen molar-refractivity contribution in [2.24, 2.45) is 0 Å². The molecule has 0 bridgehead atoms. The Morgan fingerprint density at radius 2 is 2.00 bits per heavy atom. The van der Waals surface area contributed by atoms with E-state index in [4.69, 9.17) is 5.73 Å². The molecular formula is C25H33ClN8. The number of rotatable bonds is 5. The average Bonchev–Trinajstić information content (AvgIpc) is 3.18. The highest BCUT2D eigenvalue weighted by atomic mass is 35.5. The molecule has 1 aromatic carbocycles. The summed E-state index contributed by atoms with van der Waals surface area (Å²) >= 11 is 0. The predicted molar refractivity (Wildman–Crippen MR) is 140 cm³/mol. The first-order chi connectivity index (χ1) is 16.0. The Hall–Kier alpha value is -3.26. The third-order valence-corrected chi connectivity index (χ3v) is 6.72. The van der Waals surface area contributed by atoms with E-state index in [0.29, 0.717) is 11.9 Å². The fourth-order valence-corrected chi connectivity index (χ4v) is 4.88. The Kier molecular flexibility index (Phi) is 6.97. The van der Waals surface area contributed by atoms with Crippen molar-refractivity contribution >= 4 is 29.9 Å². The molecule has 0 radical (unpaired) electrons. The molecule has 2 N–H and O–H groups in total. The molecule has 2 aliphatic heterocycles. The van der Waals surface area contributed by atoms with Crippen LogP contribution in [0.3, 0.4) is 0 Å². The largest absolute Gasteiger partial charge is 0.374 e. The van der Waals surface area contributed by atoms with Gasteiger partial charge in [0.1, 0.15) is 5.82 Å². The van der Waals surface area contributed by atoms with Gasteiger partial charge in [0.2, 0.25) is 5.95 Å². The zero-order chi connectivity index (χ0) is 22.9. The minimum absolute atomic E-state index is 0. The number of hydrogen-bond acceptors (Lipinski definition) is 7. The van der Waals surface area contributed by atoms with E-state index >= 15 is 0 Å². The number of allylic oxidation sites excluding steroid dienone is 1. The Morgan fingerprint density at radius 3 is 2.82 bits per heavy atom. The van der Waals surface area contributed by atoms with Crippen LogP contribution in [-0.2, 0) is 12.8 Å². The zero-order valence-electron chi connectivity index (χ0n) is 20.1. The van der Waals surface area contributed by atoms with Crippen molar-refractivity contribution in [3.8, 4) is 5.82 Å². The van der Waals surface area contributed by atoms with Crippen LogP contribution in [0.4, 0.5) is 17.5 Å². The number of aryl methyl sites for hydroxylation is 1. The number of aromatic nitrogens is 4. The highest BCUT2D eigenvalue weighted by Gasteiger charge is 2.30. The number of anilines is 3. The summed E-state index contributed by atoms with van der Waals surface area (Å²) in [6.45, 7) is 5.28. The third kappa shape index (κ3) is 4.68. The number of nitrogens with zero attached hydrogens (tertiary/aromatic N) is 7.